The van der Waals surface area contributed by atoms with Gasteiger partial charge in [-0.15, -0.1) is 5.10 Å². The fourth-order valence-corrected chi connectivity index (χ4v) is 3.77. The third-order valence-corrected chi connectivity index (χ3v) is 5.48. The molecule has 0 bridgehead atoms. The molecule has 3 N–H and O–H groups in total. The summed E-state index contributed by atoms with van der Waals surface area (Å²) in [6.45, 7) is 0.648. The number of carbonyl (C=O) groups excluding carboxylic acids is 1. The van der Waals surface area contributed by atoms with Crippen LogP contribution in [0.25, 0.3) is 0 Å². The SMILES string of the molecule is NC1CCC(n2cc(C(=O)N[C@@H](CCn3cncn3)c3ccccc3)nn2)CC1. The molecule has 1 atom stereocenters. The van der Waals surface area contributed by atoms with Gasteiger partial charge in [0.05, 0.1) is 18.3 Å². The number of rotatable bonds is 7. The molecular formula is C20H26N8O. The zero-order chi connectivity index (χ0) is 20.1. The molecule has 3 aromatic rings. The number of aromatic nitrogens is 6. The van der Waals surface area contributed by atoms with Crippen molar-refractivity contribution in [2.75, 3.05) is 0 Å². The molecule has 0 aliphatic heterocycles. The second-order valence-corrected chi connectivity index (χ2v) is 7.54. The van der Waals surface area contributed by atoms with Gasteiger partial charge in [-0.2, -0.15) is 5.10 Å². The first kappa shape index (κ1) is 19.3. The van der Waals surface area contributed by atoms with Crippen LogP contribution in [0.1, 0.15) is 60.2 Å². The summed E-state index contributed by atoms with van der Waals surface area (Å²) in [4.78, 5) is 16.8. The van der Waals surface area contributed by atoms with Crippen molar-refractivity contribution < 1.29 is 4.79 Å². The molecule has 0 spiro atoms. The van der Waals surface area contributed by atoms with Crippen LogP contribution in [0.4, 0.5) is 0 Å². The number of hydrogen-bond acceptors (Lipinski definition) is 6. The molecule has 9 heteroatoms. The minimum atomic E-state index is -0.226. The molecule has 4 rings (SSSR count). The van der Waals surface area contributed by atoms with E-state index in [4.69, 9.17) is 5.73 Å². The van der Waals surface area contributed by atoms with E-state index in [0.717, 1.165) is 31.2 Å². The van der Waals surface area contributed by atoms with Crippen molar-refractivity contribution in [3.8, 4) is 0 Å². The van der Waals surface area contributed by atoms with Crippen LogP contribution in [-0.2, 0) is 6.54 Å². The van der Waals surface area contributed by atoms with Gasteiger partial charge in [-0.3, -0.25) is 9.48 Å². The highest BCUT2D eigenvalue weighted by Gasteiger charge is 2.23. The normalized spacial score (nSPS) is 20.3. The predicted molar refractivity (Wildman–Crippen MR) is 107 cm³/mol. The minimum absolute atomic E-state index is 0.161. The number of hydrogen-bond donors (Lipinski definition) is 2. The summed E-state index contributed by atoms with van der Waals surface area (Å²) >= 11 is 0. The molecule has 1 fully saturated rings. The second-order valence-electron chi connectivity index (χ2n) is 7.54. The number of carbonyl (C=O) groups is 1. The summed E-state index contributed by atoms with van der Waals surface area (Å²) in [6.07, 6.45) is 9.50. The highest BCUT2D eigenvalue weighted by Crippen LogP contribution is 2.27. The Balaban J connectivity index is 1.43. The van der Waals surface area contributed by atoms with E-state index in [0.29, 0.717) is 18.7 Å². The van der Waals surface area contributed by atoms with E-state index < -0.39 is 0 Å². The number of benzene rings is 1. The van der Waals surface area contributed by atoms with E-state index in [1.54, 1.807) is 17.2 Å². The van der Waals surface area contributed by atoms with Gasteiger partial charge in [-0.1, -0.05) is 35.5 Å². The Morgan fingerprint density at radius 2 is 2.00 bits per heavy atom. The van der Waals surface area contributed by atoms with E-state index in [1.807, 2.05) is 35.0 Å². The zero-order valence-corrected chi connectivity index (χ0v) is 16.3. The van der Waals surface area contributed by atoms with Crippen LogP contribution < -0.4 is 11.1 Å². The van der Waals surface area contributed by atoms with Crippen LogP contribution in [0.5, 0.6) is 0 Å². The Labute approximate surface area is 169 Å². The largest absolute Gasteiger partial charge is 0.344 e. The number of nitrogens with zero attached hydrogens (tertiary/aromatic N) is 6. The maximum absolute atomic E-state index is 12.9. The van der Waals surface area contributed by atoms with Crippen molar-refractivity contribution in [2.24, 2.45) is 5.73 Å². The molecule has 2 heterocycles. The average Bonchev–Trinajstić information content (AvgIpc) is 3.44. The predicted octanol–water partition coefficient (Wildman–Crippen LogP) is 1.87. The summed E-state index contributed by atoms with van der Waals surface area (Å²) < 4.78 is 3.57. The molecule has 1 aromatic carbocycles. The lowest BCUT2D eigenvalue weighted by Gasteiger charge is -2.25. The maximum Gasteiger partial charge on any atom is 0.273 e. The second kappa shape index (κ2) is 8.95. The van der Waals surface area contributed by atoms with Crippen molar-refractivity contribution in [1.82, 2.24) is 35.1 Å². The molecule has 1 aliphatic carbocycles. The number of nitrogens with one attached hydrogen (secondary N) is 1. The quantitative estimate of drug-likeness (QED) is 0.632. The van der Waals surface area contributed by atoms with E-state index in [1.165, 1.54) is 6.33 Å². The van der Waals surface area contributed by atoms with Gasteiger partial charge in [-0.25, -0.2) is 9.67 Å². The fraction of sp³-hybridized carbons (Fsp3) is 0.450. The Bertz CT molecular complexity index is 900. The van der Waals surface area contributed by atoms with Gasteiger partial charge in [0.2, 0.25) is 0 Å². The first-order valence-corrected chi connectivity index (χ1v) is 10.0. The van der Waals surface area contributed by atoms with Gasteiger partial charge in [-0.05, 0) is 37.7 Å². The summed E-state index contributed by atoms with van der Waals surface area (Å²) in [6, 6.07) is 10.3. The highest BCUT2D eigenvalue weighted by atomic mass is 16.2. The van der Waals surface area contributed by atoms with Gasteiger partial charge in [0.25, 0.3) is 5.91 Å². The van der Waals surface area contributed by atoms with Crippen LogP contribution in [-0.4, -0.2) is 41.7 Å². The van der Waals surface area contributed by atoms with Crippen LogP contribution in [0.15, 0.2) is 49.2 Å². The summed E-state index contributed by atoms with van der Waals surface area (Å²) in [7, 11) is 0. The first-order valence-electron chi connectivity index (χ1n) is 10.0. The lowest BCUT2D eigenvalue weighted by atomic mass is 9.92. The monoisotopic (exact) mass is 394 g/mol. The lowest BCUT2D eigenvalue weighted by Crippen LogP contribution is -2.30. The van der Waals surface area contributed by atoms with Gasteiger partial charge < -0.3 is 11.1 Å². The summed E-state index contributed by atoms with van der Waals surface area (Å²) in [5.41, 5.74) is 7.35. The lowest BCUT2D eigenvalue weighted by molar-refractivity contribution is 0.0928. The van der Waals surface area contributed by atoms with Gasteiger partial charge in [0.15, 0.2) is 5.69 Å². The molecule has 1 aliphatic rings. The van der Waals surface area contributed by atoms with Crippen molar-refractivity contribution in [3.05, 3.63) is 60.4 Å². The van der Waals surface area contributed by atoms with Crippen molar-refractivity contribution in [3.63, 3.8) is 0 Å². The maximum atomic E-state index is 12.9. The first-order chi connectivity index (χ1) is 14.2. The third-order valence-electron chi connectivity index (χ3n) is 5.48. The summed E-state index contributed by atoms with van der Waals surface area (Å²) in [5.74, 6) is -0.226. The van der Waals surface area contributed by atoms with Crippen LogP contribution in [0.3, 0.4) is 0 Å². The van der Waals surface area contributed by atoms with E-state index in [9.17, 15) is 4.79 Å². The van der Waals surface area contributed by atoms with Crippen molar-refractivity contribution in [1.29, 1.82) is 0 Å². The Morgan fingerprint density at radius 3 is 2.72 bits per heavy atom. The van der Waals surface area contributed by atoms with Crippen molar-refractivity contribution >= 4 is 5.91 Å². The smallest absolute Gasteiger partial charge is 0.273 e. The van der Waals surface area contributed by atoms with Crippen LogP contribution in [0, 0.1) is 0 Å². The summed E-state index contributed by atoms with van der Waals surface area (Å²) in [5, 5.41) is 15.5. The molecule has 1 amide bonds. The molecule has 2 aromatic heterocycles. The van der Waals surface area contributed by atoms with E-state index in [-0.39, 0.29) is 24.0 Å². The van der Waals surface area contributed by atoms with Crippen LogP contribution >= 0.6 is 0 Å². The van der Waals surface area contributed by atoms with Gasteiger partial charge >= 0.3 is 0 Å². The Hall–Kier alpha value is -3.07. The van der Waals surface area contributed by atoms with Gasteiger partial charge in [0, 0.05) is 12.6 Å². The van der Waals surface area contributed by atoms with E-state index in [2.05, 4.69) is 25.7 Å². The molecular weight excluding hydrogens is 368 g/mol. The Morgan fingerprint density at radius 1 is 1.21 bits per heavy atom. The standard InChI is InChI=1S/C20H26N8O/c21-16-6-8-17(9-7-16)28-12-19(25-26-28)20(29)24-18(15-4-2-1-3-5-15)10-11-27-14-22-13-23-27/h1-5,12-14,16-18H,6-11,21H2,(H,24,29)/t16?,17?,18-/m0/s1. The van der Waals surface area contributed by atoms with Gasteiger partial charge in [0.1, 0.15) is 12.7 Å². The third kappa shape index (κ3) is 4.86. The molecule has 29 heavy (non-hydrogen) atoms. The fourth-order valence-electron chi connectivity index (χ4n) is 3.77. The average molecular weight is 394 g/mol. The Kier molecular flexibility index (Phi) is 5.95. The molecule has 0 saturated heterocycles. The highest BCUT2D eigenvalue weighted by molar-refractivity contribution is 5.92. The molecule has 0 unspecified atom stereocenters. The van der Waals surface area contributed by atoms with Crippen LogP contribution in [0.2, 0.25) is 0 Å². The number of nitrogens with two attached hydrogens (primary N) is 1. The minimum Gasteiger partial charge on any atom is -0.344 e. The molecule has 9 nitrogen and oxygen atoms in total. The zero-order valence-electron chi connectivity index (χ0n) is 16.3. The molecule has 0 radical (unpaired) electrons. The molecule has 152 valence electrons. The topological polar surface area (TPSA) is 117 Å². The number of aryl methyl sites for hydroxylation is 1. The number of amides is 1. The van der Waals surface area contributed by atoms with Crippen molar-refractivity contribution in [2.45, 2.75) is 56.8 Å². The molecule has 1 saturated carbocycles. The van der Waals surface area contributed by atoms with E-state index >= 15 is 0 Å².